The van der Waals surface area contributed by atoms with Crippen molar-refractivity contribution >= 4 is 5.69 Å². The van der Waals surface area contributed by atoms with Gasteiger partial charge in [0.05, 0.1) is 17.9 Å². The van der Waals surface area contributed by atoms with Crippen LogP contribution in [-0.2, 0) is 11.3 Å². The molecule has 100 valence electrons. The molecule has 0 saturated carbocycles. The quantitative estimate of drug-likeness (QED) is 0.900. The van der Waals surface area contributed by atoms with Crippen LogP contribution in [0.3, 0.4) is 0 Å². The summed E-state index contributed by atoms with van der Waals surface area (Å²) in [6.07, 6.45) is 1.71. The van der Waals surface area contributed by atoms with Crippen molar-refractivity contribution in [1.82, 2.24) is 14.8 Å². The predicted octanol–water partition coefficient (Wildman–Crippen LogP) is 1.40. The predicted molar refractivity (Wildman–Crippen MR) is 71.3 cm³/mol. The van der Waals surface area contributed by atoms with E-state index in [-0.39, 0.29) is 0 Å². The van der Waals surface area contributed by atoms with E-state index < -0.39 is 0 Å². The number of fused-ring (bicyclic) bond motifs is 1. The molecule has 1 aliphatic rings. The topological polar surface area (TPSA) is 61.2 Å². The first-order valence-electron chi connectivity index (χ1n) is 6.27. The molecular weight excluding hydrogens is 244 g/mol. The summed E-state index contributed by atoms with van der Waals surface area (Å²) in [5.74, 6) is 1.65. The number of anilines is 1. The molecular formula is C13H16N4O2. The third-order valence-electron chi connectivity index (χ3n) is 3.07. The monoisotopic (exact) mass is 260 g/mol. The molecule has 1 aliphatic heterocycles. The van der Waals surface area contributed by atoms with Gasteiger partial charge in [0.25, 0.3) is 0 Å². The Morgan fingerprint density at radius 3 is 3.32 bits per heavy atom. The Morgan fingerprint density at radius 2 is 2.42 bits per heavy atom. The van der Waals surface area contributed by atoms with Crippen LogP contribution >= 0.6 is 0 Å². The van der Waals surface area contributed by atoms with E-state index in [0.29, 0.717) is 13.2 Å². The lowest BCUT2D eigenvalue weighted by atomic mass is 10.1. The molecule has 6 heteroatoms. The van der Waals surface area contributed by atoms with Crippen molar-refractivity contribution in [2.45, 2.75) is 6.54 Å². The number of ether oxygens (including phenoxy) is 2. The van der Waals surface area contributed by atoms with Crippen LogP contribution in [0.5, 0.6) is 5.75 Å². The van der Waals surface area contributed by atoms with Crippen LogP contribution in [0.4, 0.5) is 5.69 Å². The number of hydrogen-bond donors (Lipinski definition) is 1. The second-order valence-corrected chi connectivity index (χ2v) is 4.30. The molecule has 0 spiro atoms. The zero-order chi connectivity index (χ0) is 13.1. The SMILES string of the molecule is COCCn1cnnc1-c1cccc2c1OCCN2. The molecule has 2 heterocycles. The minimum absolute atomic E-state index is 0.624. The lowest BCUT2D eigenvalue weighted by molar-refractivity contribution is 0.187. The first-order chi connectivity index (χ1) is 9.40. The Labute approximate surface area is 111 Å². The van der Waals surface area contributed by atoms with Gasteiger partial charge in [0.1, 0.15) is 12.9 Å². The van der Waals surface area contributed by atoms with E-state index in [9.17, 15) is 0 Å². The summed E-state index contributed by atoms with van der Waals surface area (Å²) in [5.41, 5.74) is 1.96. The van der Waals surface area contributed by atoms with Gasteiger partial charge in [-0.3, -0.25) is 0 Å². The minimum Gasteiger partial charge on any atom is -0.489 e. The van der Waals surface area contributed by atoms with Crippen LogP contribution in [0.25, 0.3) is 11.4 Å². The Bertz CT molecular complexity index is 568. The van der Waals surface area contributed by atoms with Gasteiger partial charge in [0.15, 0.2) is 11.6 Å². The van der Waals surface area contributed by atoms with E-state index in [0.717, 1.165) is 35.9 Å². The third-order valence-corrected chi connectivity index (χ3v) is 3.07. The summed E-state index contributed by atoms with van der Waals surface area (Å²) in [6, 6.07) is 6.00. The fraction of sp³-hybridized carbons (Fsp3) is 0.385. The number of para-hydroxylation sites is 1. The van der Waals surface area contributed by atoms with Crippen LogP contribution in [-0.4, -0.2) is 41.6 Å². The molecule has 0 amide bonds. The molecule has 0 radical (unpaired) electrons. The summed E-state index contributed by atoms with van der Waals surface area (Å²) in [4.78, 5) is 0. The fourth-order valence-corrected chi connectivity index (χ4v) is 2.16. The van der Waals surface area contributed by atoms with Crippen molar-refractivity contribution in [3.05, 3.63) is 24.5 Å². The molecule has 0 aliphatic carbocycles. The summed E-state index contributed by atoms with van der Waals surface area (Å²) < 4.78 is 12.8. The highest BCUT2D eigenvalue weighted by molar-refractivity contribution is 5.75. The fourth-order valence-electron chi connectivity index (χ4n) is 2.16. The second-order valence-electron chi connectivity index (χ2n) is 4.30. The van der Waals surface area contributed by atoms with Crippen molar-refractivity contribution in [1.29, 1.82) is 0 Å². The van der Waals surface area contributed by atoms with Gasteiger partial charge in [0.2, 0.25) is 0 Å². The first-order valence-corrected chi connectivity index (χ1v) is 6.27. The van der Waals surface area contributed by atoms with Gasteiger partial charge in [-0.25, -0.2) is 0 Å². The van der Waals surface area contributed by atoms with Gasteiger partial charge in [0, 0.05) is 20.2 Å². The lowest BCUT2D eigenvalue weighted by Crippen LogP contribution is -2.18. The highest BCUT2D eigenvalue weighted by Gasteiger charge is 2.18. The first kappa shape index (κ1) is 12.0. The Hall–Kier alpha value is -2.08. The summed E-state index contributed by atoms with van der Waals surface area (Å²) in [6.45, 7) is 2.83. The number of hydrogen-bond acceptors (Lipinski definition) is 5. The molecule has 1 aromatic heterocycles. The van der Waals surface area contributed by atoms with Crippen LogP contribution in [0.2, 0.25) is 0 Å². The van der Waals surface area contributed by atoms with E-state index in [1.165, 1.54) is 0 Å². The van der Waals surface area contributed by atoms with E-state index in [1.54, 1.807) is 13.4 Å². The van der Waals surface area contributed by atoms with Crippen LogP contribution in [0.15, 0.2) is 24.5 Å². The van der Waals surface area contributed by atoms with E-state index in [2.05, 4.69) is 15.5 Å². The van der Waals surface area contributed by atoms with Crippen LogP contribution in [0, 0.1) is 0 Å². The second kappa shape index (κ2) is 5.27. The molecule has 6 nitrogen and oxygen atoms in total. The molecule has 1 aromatic carbocycles. The van der Waals surface area contributed by atoms with Crippen LogP contribution in [0.1, 0.15) is 0 Å². The number of benzene rings is 1. The largest absolute Gasteiger partial charge is 0.489 e. The minimum atomic E-state index is 0.624. The molecule has 0 atom stereocenters. The van der Waals surface area contributed by atoms with Gasteiger partial charge >= 0.3 is 0 Å². The number of nitrogens with zero attached hydrogens (tertiary/aromatic N) is 3. The van der Waals surface area contributed by atoms with Crippen LogP contribution < -0.4 is 10.1 Å². The van der Waals surface area contributed by atoms with E-state index >= 15 is 0 Å². The number of nitrogens with one attached hydrogen (secondary N) is 1. The van der Waals surface area contributed by atoms with Crippen molar-refractivity contribution in [2.75, 3.05) is 32.2 Å². The molecule has 0 bridgehead atoms. The third kappa shape index (κ3) is 2.26. The molecule has 0 fully saturated rings. The summed E-state index contributed by atoms with van der Waals surface area (Å²) in [5, 5.41) is 11.5. The number of methoxy groups -OCH3 is 1. The molecule has 0 saturated heterocycles. The molecule has 1 N–H and O–H groups in total. The molecule has 0 unspecified atom stereocenters. The zero-order valence-corrected chi connectivity index (χ0v) is 10.8. The van der Waals surface area contributed by atoms with Gasteiger partial charge in [-0.15, -0.1) is 10.2 Å². The maximum atomic E-state index is 5.76. The molecule has 2 aromatic rings. The van der Waals surface area contributed by atoms with Crippen molar-refractivity contribution < 1.29 is 9.47 Å². The van der Waals surface area contributed by atoms with E-state index in [4.69, 9.17) is 9.47 Å². The van der Waals surface area contributed by atoms with Crippen molar-refractivity contribution in [3.8, 4) is 17.1 Å². The highest BCUT2D eigenvalue weighted by Crippen LogP contribution is 2.37. The van der Waals surface area contributed by atoms with Gasteiger partial charge in [-0.2, -0.15) is 0 Å². The normalized spacial score (nSPS) is 13.5. The molecule has 3 rings (SSSR count). The standard InChI is InChI=1S/C13H16N4O2/c1-18-8-6-17-9-15-16-13(17)10-3-2-4-11-12(10)19-7-5-14-11/h2-4,9,14H,5-8H2,1H3. The average Bonchev–Trinajstić information content (AvgIpc) is 2.92. The lowest BCUT2D eigenvalue weighted by Gasteiger charge is -2.21. The Kier molecular flexibility index (Phi) is 3.33. The van der Waals surface area contributed by atoms with E-state index in [1.807, 2.05) is 22.8 Å². The number of aromatic nitrogens is 3. The summed E-state index contributed by atoms with van der Waals surface area (Å²) in [7, 11) is 1.68. The van der Waals surface area contributed by atoms with Gasteiger partial charge in [-0.1, -0.05) is 6.07 Å². The smallest absolute Gasteiger partial charge is 0.167 e. The van der Waals surface area contributed by atoms with Crippen molar-refractivity contribution in [3.63, 3.8) is 0 Å². The maximum absolute atomic E-state index is 5.76. The van der Waals surface area contributed by atoms with Gasteiger partial charge in [-0.05, 0) is 12.1 Å². The Balaban J connectivity index is 2.00. The summed E-state index contributed by atoms with van der Waals surface area (Å²) >= 11 is 0. The van der Waals surface area contributed by atoms with Crippen molar-refractivity contribution in [2.24, 2.45) is 0 Å². The Morgan fingerprint density at radius 1 is 1.47 bits per heavy atom. The molecule has 19 heavy (non-hydrogen) atoms. The highest BCUT2D eigenvalue weighted by atomic mass is 16.5. The van der Waals surface area contributed by atoms with Gasteiger partial charge < -0.3 is 19.4 Å². The number of rotatable bonds is 4. The average molecular weight is 260 g/mol. The maximum Gasteiger partial charge on any atom is 0.167 e. The zero-order valence-electron chi connectivity index (χ0n) is 10.8.